The number of hydrogen-bond acceptors (Lipinski definition) is 5. The fourth-order valence-corrected chi connectivity index (χ4v) is 3.37. The molecule has 0 saturated carbocycles. The van der Waals surface area contributed by atoms with E-state index in [2.05, 4.69) is 10.0 Å². The summed E-state index contributed by atoms with van der Waals surface area (Å²) in [6.45, 7) is 2.72. The molecule has 0 aliphatic heterocycles. The zero-order valence-corrected chi connectivity index (χ0v) is 16.2. The van der Waals surface area contributed by atoms with Gasteiger partial charge in [-0.1, -0.05) is 12.1 Å². The number of nitrogens with one attached hydrogen (secondary N) is 2. The van der Waals surface area contributed by atoms with Gasteiger partial charge < -0.3 is 14.8 Å². The fourth-order valence-electron chi connectivity index (χ4n) is 2.34. The topological polar surface area (TPSA) is 93.7 Å². The lowest BCUT2D eigenvalue weighted by molar-refractivity contribution is -0.121. The molecule has 2 aromatic rings. The number of hydrogen-bond donors (Lipinski definition) is 2. The van der Waals surface area contributed by atoms with Crippen LogP contribution in [0.2, 0.25) is 0 Å². The number of amides is 1. The first-order valence-corrected chi connectivity index (χ1v) is 10.0. The van der Waals surface area contributed by atoms with Crippen LogP contribution in [0.1, 0.15) is 18.9 Å². The van der Waals surface area contributed by atoms with Gasteiger partial charge in [-0.15, -0.1) is 0 Å². The van der Waals surface area contributed by atoms with Crippen LogP contribution in [0.3, 0.4) is 0 Å². The molecule has 7 nitrogen and oxygen atoms in total. The van der Waals surface area contributed by atoms with Crippen molar-refractivity contribution in [2.45, 2.75) is 24.8 Å². The van der Waals surface area contributed by atoms with E-state index in [4.69, 9.17) is 9.47 Å². The molecule has 27 heavy (non-hydrogen) atoms. The Bertz CT molecular complexity index is 851. The Morgan fingerprint density at radius 1 is 1.07 bits per heavy atom. The largest absolute Gasteiger partial charge is 0.497 e. The minimum absolute atomic E-state index is 0.0134. The van der Waals surface area contributed by atoms with Crippen molar-refractivity contribution in [3.8, 4) is 11.5 Å². The lowest BCUT2D eigenvalue weighted by atomic mass is 10.2. The molecule has 0 heterocycles. The molecule has 1 amide bonds. The van der Waals surface area contributed by atoms with Crippen LogP contribution in [0, 0.1) is 0 Å². The summed E-state index contributed by atoms with van der Waals surface area (Å²) >= 11 is 0. The van der Waals surface area contributed by atoms with E-state index < -0.39 is 10.0 Å². The second-order valence-corrected chi connectivity index (χ2v) is 7.45. The van der Waals surface area contributed by atoms with Crippen LogP contribution in [-0.4, -0.2) is 34.6 Å². The van der Waals surface area contributed by atoms with Gasteiger partial charge in [-0.3, -0.25) is 4.79 Å². The summed E-state index contributed by atoms with van der Waals surface area (Å²) < 4.78 is 37.3. The van der Waals surface area contributed by atoms with Crippen LogP contribution in [-0.2, 0) is 21.4 Å². The molecule has 0 saturated heterocycles. The summed E-state index contributed by atoms with van der Waals surface area (Å²) in [5.74, 6) is 1.07. The van der Waals surface area contributed by atoms with Gasteiger partial charge in [0.2, 0.25) is 15.9 Å². The molecule has 2 aromatic carbocycles. The van der Waals surface area contributed by atoms with E-state index in [1.165, 1.54) is 12.1 Å². The number of benzene rings is 2. The minimum Gasteiger partial charge on any atom is -0.497 e. The van der Waals surface area contributed by atoms with Crippen molar-refractivity contribution in [1.29, 1.82) is 0 Å². The average Bonchev–Trinajstić information content (AvgIpc) is 2.67. The summed E-state index contributed by atoms with van der Waals surface area (Å²) in [6.07, 6.45) is 0.0419. The Balaban J connectivity index is 1.79. The van der Waals surface area contributed by atoms with Crippen LogP contribution in [0.15, 0.2) is 53.4 Å². The fraction of sp³-hybridized carbons (Fsp3) is 0.316. The predicted octanol–water partition coefficient (Wildman–Crippen LogP) is 2.08. The summed E-state index contributed by atoms with van der Waals surface area (Å²) in [5, 5.41) is 2.75. The minimum atomic E-state index is -3.67. The van der Waals surface area contributed by atoms with Crippen LogP contribution in [0.5, 0.6) is 11.5 Å². The van der Waals surface area contributed by atoms with Crippen molar-refractivity contribution in [2.75, 3.05) is 20.3 Å². The Labute approximate surface area is 159 Å². The van der Waals surface area contributed by atoms with E-state index in [0.717, 1.165) is 5.56 Å². The van der Waals surface area contributed by atoms with E-state index in [-0.39, 0.29) is 23.8 Å². The van der Waals surface area contributed by atoms with Crippen molar-refractivity contribution in [2.24, 2.45) is 0 Å². The summed E-state index contributed by atoms with van der Waals surface area (Å²) in [6, 6.07) is 13.5. The molecular weight excluding hydrogens is 368 g/mol. The summed E-state index contributed by atoms with van der Waals surface area (Å²) in [5.41, 5.74) is 0.901. The number of sulfonamides is 1. The first-order chi connectivity index (χ1) is 12.9. The van der Waals surface area contributed by atoms with Crippen molar-refractivity contribution >= 4 is 15.9 Å². The normalized spacial score (nSPS) is 11.0. The molecule has 0 fully saturated rings. The van der Waals surface area contributed by atoms with Gasteiger partial charge in [-0.25, -0.2) is 13.1 Å². The van der Waals surface area contributed by atoms with Crippen molar-refractivity contribution in [1.82, 2.24) is 10.0 Å². The summed E-state index contributed by atoms with van der Waals surface area (Å²) in [7, 11) is -2.09. The van der Waals surface area contributed by atoms with Gasteiger partial charge in [0.1, 0.15) is 11.5 Å². The lowest BCUT2D eigenvalue weighted by Gasteiger charge is -2.09. The van der Waals surface area contributed by atoms with E-state index in [1.54, 1.807) is 19.2 Å². The van der Waals surface area contributed by atoms with E-state index in [0.29, 0.717) is 24.7 Å². The van der Waals surface area contributed by atoms with Gasteiger partial charge in [0, 0.05) is 19.5 Å². The van der Waals surface area contributed by atoms with Crippen LogP contribution in [0.25, 0.3) is 0 Å². The van der Waals surface area contributed by atoms with Gasteiger partial charge in [0.25, 0.3) is 0 Å². The van der Waals surface area contributed by atoms with Crippen molar-refractivity contribution < 1.29 is 22.7 Å². The number of methoxy groups -OCH3 is 1. The van der Waals surface area contributed by atoms with Crippen molar-refractivity contribution in [3.63, 3.8) is 0 Å². The molecular formula is C19H24N2O5S. The van der Waals surface area contributed by atoms with E-state index >= 15 is 0 Å². The highest BCUT2D eigenvalue weighted by Gasteiger charge is 2.14. The molecule has 0 spiro atoms. The van der Waals surface area contributed by atoms with Gasteiger partial charge >= 0.3 is 0 Å². The van der Waals surface area contributed by atoms with Crippen LogP contribution in [0.4, 0.5) is 0 Å². The Kier molecular flexibility index (Phi) is 7.63. The first kappa shape index (κ1) is 20.7. The number of rotatable bonds is 10. The van der Waals surface area contributed by atoms with Crippen LogP contribution < -0.4 is 19.5 Å². The molecule has 0 aromatic heterocycles. The highest BCUT2D eigenvalue weighted by molar-refractivity contribution is 7.89. The van der Waals surface area contributed by atoms with Gasteiger partial charge in [-0.05, 0) is 48.9 Å². The second-order valence-electron chi connectivity index (χ2n) is 5.68. The first-order valence-electron chi connectivity index (χ1n) is 8.56. The third-order valence-electron chi connectivity index (χ3n) is 3.71. The molecule has 0 atom stereocenters. The maximum absolute atomic E-state index is 12.2. The van der Waals surface area contributed by atoms with E-state index in [9.17, 15) is 13.2 Å². The molecule has 146 valence electrons. The third-order valence-corrected chi connectivity index (χ3v) is 5.19. The highest BCUT2D eigenvalue weighted by atomic mass is 32.2. The Morgan fingerprint density at radius 3 is 2.48 bits per heavy atom. The monoisotopic (exact) mass is 392 g/mol. The number of carbonyl (C=O) groups is 1. The molecule has 0 aliphatic carbocycles. The highest BCUT2D eigenvalue weighted by Crippen LogP contribution is 2.16. The molecule has 2 N–H and O–H groups in total. The average molecular weight is 392 g/mol. The van der Waals surface area contributed by atoms with Crippen LogP contribution >= 0.6 is 0 Å². The van der Waals surface area contributed by atoms with Gasteiger partial charge in [-0.2, -0.15) is 0 Å². The summed E-state index contributed by atoms with van der Waals surface area (Å²) in [4.78, 5) is 12.0. The Hall–Kier alpha value is -2.58. The predicted molar refractivity (Wildman–Crippen MR) is 102 cm³/mol. The number of ether oxygens (including phenoxy) is 2. The molecule has 2 rings (SSSR count). The van der Waals surface area contributed by atoms with Gasteiger partial charge in [0.15, 0.2) is 0 Å². The van der Waals surface area contributed by atoms with Gasteiger partial charge in [0.05, 0.1) is 18.6 Å². The molecule has 0 unspecified atom stereocenters. The molecule has 8 heteroatoms. The smallest absolute Gasteiger partial charge is 0.240 e. The second kappa shape index (κ2) is 9.94. The van der Waals surface area contributed by atoms with E-state index in [1.807, 2.05) is 31.2 Å². The quantitative estimate of drug-likeness (QED) is 0.646. The molecule has 0 aliphatic rings. The molecule has 0 bridgehead atoms. The zero-order valence-electron chi connectivity index (χ0n) is 15.4. The SMILES string of the molecule is CCOc1ccc(S(=O)(=O)NCCC(=O)NCc2cccc(OC)c2)cc1. The zero-order chi connectivity index (χ0) is 19.7. The maximum atomic E-state index is 12.2. The lowest BCUT2D eigenvalue weighted by Crippen LogP contribution is -2.30. The molecule has 0 radical (unpaired) electrons. The third kappa shape index (κ3) is 6.58. The van der Waals surface area contributed by atoms with Crippen molar-refractivity contribution in [3.05, 3.63) is 54.1 Å². The maximum Gasteiger partial charge on any atom is 0.240 e. The standard InChI is InChI=1S/C19H24N2O5S/c1-3-26-16-7-9-18(10-8-16)27(23,24)21-12-11-19(22)20-14-15-5-4-6-17(13-15)25-2/h4-10,13,21H,3,11-12,14H2,1-2H3,(H,20,22). The Morgan fingerprint density at radius 2 is 1.81 bits per heavy atom. The number of carbonyl (C=O) groups excluding carboxylic acids is 1.